The number of halogens is 1. The number of aliphatic hydroxyl groups is 1. The molecule has 1 aliphatic heterocycles. The van der Waals surface area contributed by atoms with E-state index in [1.54, 1.807) is 30.6 Å². The number of methoxy groups -OCH3 is 1. The Labute approximate surface area is 209 Å². The number of hydrogen-bond acceptors (Lipinski definition) is 6. The Morgan fingerprint density at radius 3 is 2.83 bits per heavy atom. The lowest BCUT2D eigenvalue weighted by Crippen LogP contribution is -2.47. The fraction of sp³-hybridized carbons (Fsp3) is 0.370. The zero-order chi connectivity index (χ0) is 24.6. The Morgan fingerprint density at radius 2 is 2.06 bits per heavy atom. The van der Waals surface area contributed by atoms with Gasteiger partial charge < -0.3 is 19.5 Å². The SMILES string of the molecule is COCCN(CC(=O)N1CCc2sccc2C1COc1cccc(F)c1)CC(O)c1ccccc1. The van der Waals surface area contributed by atoms with E-state index in [2.05, 4.69) is 0 Å². The van der Waals surface area contributed by atoms with Crippen LogP contribution in [0.4, 0.5) is 4.39 Å². The molecular formula is C27H31FN2O4S. The van der Waals surface area contributed by atoms with Gasteiger partial charge in [-0.15, -0.1) is 11.3 Å². The fourth-order valence-corrected chi connectivity index (χ4v) is 5.30. The molecule has 2 aromatic carbocycles. The summed E-state index contributed by atoms with van der Waals surface area (Å²) >= 11 is 1.68. The number of ether oxygens (including phenoxy) is 2. The van der Waals surface area contributed by atoms with Crippen LogP contribution in [0.15, 0.2) is 66.0 Å². The molecule has 0 bridgehead atoms. The van der Waals surface area contributed by atoms with E-state index in [1.807, 2.05) is 51.6 Å². The number of aliphatic hydroxyl groups excluding tert-OH is 1. The van der Waals surface area contributed by atoms with E-state index in [4.69, 9.17) is 9.47 Å². The molecule has 0 saturated carbocycles. The molecule has 1 aliphatic rings. The Hall–Kier alpha value is -2.78. The van der Waals surface area contributed by atoms with E-state index in [0.717, 1.165) is 17.5 Å². The molecule has 1 aromatic heterocycles. The summed E-state index contributed by atoms with van der Waals surface area (Å²) < 4.78 is 24.8. The maximum Gasteiger partial charge on any atom is 0.237 e. The van der Waals surface area contributed by atoms with Crippen LogP contribution in [-0.4, -0.2) is 67.3 Å². The van der Waals surface area contributed by atoms with Crippen molar-refractivity contribution in [1.29, 1.82) is 0 Å². The molecule has 1 amide bonds. The first kappa shape index (κ1) is 25.3. The zero-order valence-corrected chi connectivity index (χ0v) is 20.6. The van der Waals surface area contributed by atoms with Crippen LogP contribution < -0.4 is 4.74 Å². The van der Waals surface area contributed by atoms with Crippen molar-refractivity contribution in [2.24, 2.45) is 0 Å². The van der Waals surface area contributed by atoms with Crippen LogP contribution in [0.5, 0.6) is 5.75 Å². The molecule has 2 atom stereocenters. The van der Waals surface area contributed by atoms with E-state index in [0.29, 0.717) is 32.0 Å². The maximum absolute atomic E-state index is 13.6. The quantitative estimate of drug-likeness (QED) is 0.432. The first-order chi connectivity index (χ1) is 17.0. The van der Waals surface area contributed by atoms with Gasteiger partial charge in [0.2, 0.25) is 5.91 Å². The standard InChI is InChI=1S/C27H31FN2O4S/c1-33-14-13-29(17-25(31)20-6-3-2-4-7-20)18-27(32)30-12-10-26-23(11-15-35-26)24(30)19-34-22-9-5-8-21(28)16-22/h2-9,11,15-16,24-25,31H,10,12-14,17-19H2,1H3. The Bertz CT molecular complexity index is 1090. The molecule has 2 unspecified atom stereocenters. The first-order valence-electron chi connectivity index (χ1n) is 11.7. The second-order valence-corrected chi connectivity index (χ2v) is 9.58. The highest BCUT2D eigenvalue weighted by Gasteiger charge is 2.33. The third-order valence-electron chi connectivity index (χ3n) is 6.21. The molecule has 35 heavy (non-hydrogen) atoms. The van der Waals surface area contributed by atoms with Crippen LogP contribution in [0.25, 0.3) is 0 Å². The number of hydrogen-bond donors (Lipinski definition) is 1. The van der Waals surface area contributed by atoms with Gasteiger partial charge in [0.1, 0.15) is 18.2 Å². The largest absolute Gasteiger partial charge is 0.491 e. The molecule has 0 aliphatic carbocycles. The second-order valence-electron chi connectivity index (χ2n) is 8.57. The van der Waals surface area contributed by atoms with Gasteiger partial charge in [-0.2, -0.15) is 0 Å². The van der Waals surface area contributed by atoms with Crippen molar-refractivity contribution in [3.05, 3.63) is 87.9 Å². The average Bonchev–Trinajstić information content (AvgIpc) is 3.35. The minimum atomic E-state index is -0.710. The molecule has 0 radical (unpaired) electrons. The Balaban J connectivity index is 1.47. The van der Waals surface area contributed by atoms with Crippen molar-refractivity contribution < 1.29 is 23.8 Å². The molecule has 4 rings (SSSR count). The van der Waals surface area contributed by atoms with Gasteiger partial charge in [-0.05, 0) is 41.1 Å². The van der Waals surface area contributed by atoms with Crippen molar-refractivity contribution in [1.82, 2.24) is 9.80 Å². The summed E-state index contributed by atoms with van der Waals surface area (Å²) in [6, 6.07) is 17.3. The molecular weight excluding hydrogens is 467 g/mol. The molecule has 0 fully saturated rings. The van der Waals surface area contributed by atoms with Crippen molar-refractivity contribution in [2.75, 3.05) is 46.5 Å². The number of nitrogens with zero attached hydrogens (tertiary/aromatic N) is 2. The third kappa shape index (κ3) is 6.67. The van der Waals surface area contributed by atoms with E-state index < -0.39 is 6.10 Å². The van der Waals surface area contributed by atoms with Gasteiger partial charge in [-0.25, -0.2) is 4.39 Å². The summed E-state index contributed by atoms with van der Waals surface area (Å²) in [6.07, 6.45) is 0.0812. The predicted octanol–water partition coefficient (Wildman–Crippen LogP) is 4.07. The lowest BCUT2D eigenvalue weighted by atomic mass is 10.0. The Morgan fingerprint density at radius 1 is 1.23 bits per heavy atom. The van der Waals surface area contributed by atoms with E-state index in [1.165, 1.54) is 17.0 Å². The normalized spacial score (nSPS) is 16.2. The van der Waals surface area contributed by atoms with Gasteiger partial charge in [0.25, 0.3) is 0 Å². The van der Waals surface area contributed by atoms with Crippen LogP contribution in [-0.2, 0) is 16.0 Å². The van der Waals surface area contributed by atoms with Gasteiger partial charge in [0, 0.05) is 37.7 Å². The van der Waals surface area contributed by atoms with Crippen LogP contribution in [0.1, 0.15) is 28.1 Å². The molecule has 6 nitrogen and oxygen atoms in total. The predicted molar refractivity (Wildman–Crippen MR) is 134 cm³/mol. The van der Waals surface area contributed by atoms with Crippen LogP contribution in [0, 0.1) is 5.82 Å². The summed E-state index contributed by atoms with van der Waals surface area (Å²) in [7, 11) is 1.62. The zero-order valence-electron chi connectivity index (χ0n) is 19.8. The topological polar surface area (TPSA) is 62.2 Å². The molecule has 186 valence electrons. The van der Waals surface area contributed by atoms with Crippen LogP contribution in [0.2, 0.25) is 0 Å². The average molecular weight is 499 g/mol. The smallest absolute Gasteiger partial charge is 0.237 e. The van der Waals surface area contributed by atoms with Gasteiger partial charge in [-0.1, -0.05) is 36.4 Å². The van der Waals surface area contributed by atoms with Gasteiger partial charge in [0.15, 0.2) is 0 Å². The van der Waals surface area contributed by atoms with Gasteiger partial charge in [-0.3, -0.25) is 9.69 Å². The van der Waals surface area contributed by atoms with Crippen molar-refractivity contribution >= 4 is 17.2 Å². The number of carbonyl (C=O) groups excluding carboxylic acids is 1. The molecule has 0 spiro atoms. The van der Waals surface area contributed by atoms with Crippen LogP contribution >= 0.6 is 11.3 Å². The fourth-order valence-electron chi connectivity index (χ4n) is 4.37. The van der Waals surface area contributed by atoms with Crippen molar-refractivity contribution in [3.8, 4) is 5.75 Å². The summed E-state index contributed by atoms with van der Waals surface area (Å²) in [5, 5.41) is 12.8. The number of amides is 1. The Kier molecular flexibility index (Phi) is 8.87. The number of benzene rings is 2. The van der Waals surface area contributed by atoms with Gasteiger partial charge >= 0.3 is 0 Å². The minimum Gasteiger partial charge on any atom is -0.491 e. The number of carbonyl (C=O) groups is 1. The molecule has 8 heteroatoms. The number of thiophene rings is 1. The molecule has 2 heterocycles. The molecule has 1 N–H and O–H groups in total. The summed E-state index contributed by atoms with van der Waals surface area (Å²) in [6.45, 7) is 2.28. The van der Waals surface area contributed by atoms with E-state index in [-0.39, 0.29) is 30.9 Å². The van der Waals surface area contributed by atoms with Crippen molar-refractivity contribution in [3.63, 3.8) is 0 Å². The highest BCUT2D eigenvalue weighted by molar-refractivity contribution is 7.10. The monoisotopic (exact) mass is 498 g/mol. The number of fused-ring (bicyclic) bond motifs is 1. The highest BCUT2D eigenvalue weighted by atomic mass is 32.1. The molecule has 0 saturated heterocycles. The highest BCUT2D eigenvalue weighted by Crippen LogP contribution is 2.34. The number of rotatable bonds is 11. The summed E-state index contributed by atoms with van der Waals surface area (Å²) in [5.74, 6) is 0.0413. The van der Waals surface area contributed by atoms with Gasteiger partial charge in [0.05, 0.1) is 25.3 Å². The lowest BCUT2D eigenvalue weighted by molar-refractivity contribution is -0.136. The summed E-state index contributed by atoms with van der Waals surface area (Å²) in [4.78, 5) is 18.6. The van der Waals surface area contributed by atoms with E-state index in [9.17, 15) is 14.3 Å². The molecule has 3 aromatic rings. The lowest BCUT2D eigenvalue weighted by Gasteiger charge is -2.37. The third-order valence-corrected chi connectivity index (χ3v) is 7.20. The minimum absolute atomic E-state index is 0.0361. The first-order valence-corrected chi connectivity index (χ1v) is 12.6. The van der Waals surface area contributed by atoms with Crippen molar-refractivity contribution in [2.45, 2.75) is 18.6 Å². The second kappa shape index (κ2) is 12.3. The summed E-state index contributed by atoms with van der Waals surface area (Å²) in [5.41, 5.74) is 1.89. The van der Waals surface area contributed by atoms with Crippen LogP contribution in [0.3, 0.4) is 0 Å². The van der Waals surface area contributed by atoms with E-state index >= 15 is 0 Å². The maximum atomic E-state index is 13.6.